The lowest BCUT2D eigenvalue weighted by Gasteiger charge is -2.08. The first kappa shape index (κ1) is 16.3. The van der Waals surface area contributed by atoms with E-state index in [4.69, 9.17) is 14.3 Å². The molecule has 7 nitrogen and oxygen atoms in total. The fourth-order valence-electron chi connectivity index (χ4n) is 1.93. The summed E-state index contributed by atoms with van der Waals surface area (Å²) in [7, 11) is 2.87. The fraction of sp³-hybridized carbons (Fsp3) is 0.188. The van der Waals surface area contributed by atoms with Gasteiger partial charge in [-0.1, -0.05) is 35.5 Å². The first-order valence-electron chi connectivity index (χ1n) is 6.75. The maximum absolute atomic E-state index is 11.2. The van der Waals surface area contributed by atoms with Crippen LogP contribution in [0.4, 0.5) is 5.69 Å². The summed E-state index contributed by atoms with van der Waals surface area (Å²) in [6.45, 7) is 0.276. The Kier molecular flexibility index (Phi) is 5.51. The van der Waals surface area contributed by atoms with E-state index in [9.17, 15) is 10.1 Å². The molecule has 2 aromatic rings. The van der Waals surface area contributed by atoms with E-state index >= 15 is 0 Å². The lowest BCUT2D eigenvalue weighted by Crippen LogP contribution is -1.99. The molecular formula is C16H16N2O5. The molecule has 0 spiro atoms. The number of rotatable bonds is 7. The van der Waals surface area contributed by atoms with Crippen LogP contribution < -0.4 is 9.47 Å². The molecule has 0 aliphatic heterocycles. The largest absolute Gasteiger partial charge is 0.493 e. The van der Waals surface area contributed by atoms with Gasteiger partial charge in [0.05, 0.1) is 37.0 Å². The minimum atomic E-state index is -0.513. The van der Waals surface area contributed by atoms with E-state index in [0.29, 0.717) is 5.75 Å². The molecule has 0 bridgehead atoms. The second kappa shape index (κ2) is 7.79. The molecule has 0 N–H and O–H groups in total. The molecule has 0 aliphatic carbocycles. The van der Waals surface area contributed by atoms with E-state index < -0.39 is 4.92 Å². The van der Waals surface area contributed by atoms with Gasteiger partial charge in [0.2, 0.25) is 0 Å². The molecule has 0 fully saturated rings. The summed E-state index contributed by atoms with van der Waals surface area (Å²) in [5.41, 5.74) is 1.07. The Morgan fingerprint density at radius 1 is 1.13 bits per heavy atom. The molecule has 0 saturated carbocycles. The van der Waals surface area contributed by atoms with Gasteiger partial charge in [-0.3, -0.25) is 10.1 Å². The second-order valence-electron chi connectivity index (χ2n) is 4.52. The summed E-state index contributed by atoms with van der Waals surface area (Å²) in [6.07, 6.45) is 1.28. The van der Waals surface area contributed by atoms with Crippen molar-refractivity contribution in [2.24, 2.45) is 5.16 Å². The highest BCUT2D eigenvalue weighted by atomic mass is 16.6. The zero-order chi connectivity index (χ0) is 16.7. The Labute approximate surface area is 133 Å². The minimum absolute atomic E-state index is 0.144. The standard InChI is InChI=1S/C16H16N2O5/c1-21-15-8-13(14(18(19)20)9-16(15)22-2)10-17-23-11-12-6-4-3-5-7-12/h3-10H,11H2,1-2H3/b17-10+. The Bertz CT molecular complexity index is 701. The van der Waals surface area contributed by atoms with Crippen LogP contribution in [0.3, 0.4) is 0 Å². The Hall–Kier alpha value is -3.09. The Morgan fingerprint density at radius 3 is 2.39 bits per heavy atom. The zero-order valence-electron chi connectivity index (χ0n) is 12.8. The topological polar surface area (TPSA) is 83.2 Å². The molecule has 0 amide bonds. The maximum Gasteiger partial charge on any atom is 0.282 e. The predicted molar refractivity (Wildman–Crippen MR) is 85.0 cm³/mol. The molecule has 0 aliphatic rings. The number of methoxy groups -OCH3 is 2. The normalized spacial score (nSPS) is 10.5. The quantitative estimate of drug-likeness (QED) is 0.445. The molecule has 0 radical (unpaired) electrons. The number of nitro groups is 1. The molecule has 7 heteroatoms. The molecule has 120 valence electrons. The molecule has 0 atom stereocenters. The number of benzene rings is 2. The average Bonchev–Trinajstić information content (AvgIpc) is 2.58. The van der Waals surface area contributed by atoms with Gasteiger partial charge in [-0.15, -0.1) is 0 Å². The van der Waals surface area contributed by atoms with Gasteiger partial charge in [-0.2, -0.15) is 0 Å². The van der Waals surface area contributed by atoms with Gasteiger partial charge in [0, 0.05) is 0 Å². The number of hydrogen-bond donors (Lipinski definition) is 0. The molecule has 2 aromatic carbocycles. The van der Waals surface area contributed by atoms with Crippen LogP contribution in [0.1, 0.15) is 11.1 Å². The van der Waals surface area contributed by atoms with Crippen molar-refractivity contribution in [1.29, 1.82) is 0 Å². The van der Waals surface area contributed by atoms with Crippen molar-refractivity contribution in [3.8, 4) is 11.5 Å². The summed E-state index contributed by atoms with van der Waals surface area (Å²) >= 11 is 0. The van der Waals surface area contributed by atoms with E-state index in [1.165, 1.54) is 32.6 Å². The van der Waals surface area contributed by atoms with E-state index in [0.717, 1.165) is 5.56 Å². The molecular weight excluding hydrogens is 300 g/mol. The third-order valence-electron chi connectivity index (χ3n) is 3.07. The second-order valence-corrected chi connectivity index (χ2v) is 4.52. The van der Waals surface area contributed by atoms with E-state index in [1.807, 2.05) is 30.3 Å². The minimum Gasteiger partial charge on any atom is -0.493 e. The van der Waals surface area contributed by atoms with Crippen LogP contribution in [0.25, 0.3) is 0 Å². The summed E-state index contributed by atoms with van der Waals surface area (Å²) in [5, 5.41) is 14.9. The van der Waals surface area contributed by atoms with E-state index in [2.05, 4.69) is 5.16 Å². The van der Waals surface area contributed by atoms with Gasteiger partial charge in [-0.05, 0) is 11.6 Å². The van der Waals surface area contributed by atoms with Crippen molar-refractivity contribution in [1.82, 2.24) is 0 Å². The maximum atomic E-state index is 11.2. The van der Waals surface area contributed by atoms with E-state index in [-0.39, 0.29) is 23.6 Å². The van der Waals surface area contributed by atoms with Crippen LogP contribution in [0, 0.1) is 10.1 Å². The predicted octanol–water partition coefficient (Wildman–Crippen LogP) is 3.16. The molecule has 0 saturated heterocycles. The molecule has 0 unspecified atom stereocenters. The van der Waals surface area contributed by atoms with Crippen molar-refractivity contribution in [2.75, 3.05) is 14.2 Å². The monoisotopic (exact) mass is 316 g/mol. The number of nitrogens with zero attached hydrogens (tertiary/aromatic N) is 2. The van der Waals surface area contributed by atoms with Crippen LogP contribution in [0.2, 0.25) is 0 Å². The van der Waals surface area contributed by atoms with Crippen molar-refractivity contribution >= 4 is 11.9 Å². The van der Waals surface area contributed by atoms with Gasteiger partial charge in [0.25, 0.3) is 5.69 Å². The lowest BCUT2D eigenvalue weighted by molar-refractivity contribution is -0.385. The fourth-order valence-corrected chi connectivity index (χ4v) is 1.93. The van der Waals surface area contributed by atoms with Crippen molar-refractivity contribution < 1.29 is 19.2 Å². The van der Waals surface area contributed by atoms with Gasteiger partial charge < -0.3 is 14.3 Å². The number of nitro benzene ring substituents is 1. The van der Waals surface area contributed by atoms with Crippen LogP contribution in [0.5, 0.6) is 11.5 Å². The molecule has 0 heterocycles. The van der Waals surface area contributed by atoms with Crippen molar-refractivity contribution in [3.05, 3.63) is 63.7 Å². The third-order valence-corrected chi connectivity index (χ3v) is 3.07. The number of hydrogen-bond acceptors (Lipinski definition) is 6. The van der Waals surface area contributed by atoms with Crippen LogP contribution in [-0.4, -0.2) is 25.4 Å². The van der Waals surface area contributed by atoms with Crippen molar-refractivity contribution in [2.45, 2.75) is 6.61 Å². The first-order chi connectivity index (χ1) is 11.2. The Balaban J connectivity index is 2.17. The molecule has 2 rings (SSSR count). The van der Waals surface area contributed by atoms with Gasteiger partial charge in [-0.25, -0.2) is 0 Å². The van der Waals surface area contributed by atoms with E-state index in [1.54, 1.807) is 0 Å². The van der Waals surface area contributed by atoms with Gasteiger partial charge >= 0.3 is 0 Å². The number of oxime groups is 1. The van der Waals surface area contributed by atoms with Crippen LogP contribution >= 0.6 is 0 Å². The summed E-state index contributed by atoms with van der Waals surface area (Å²) in [4.78, 5) is 15.8. The third kappa shape index (κ3) is 4.19. The summed E-state index contributed by atoms with van der Waals surface area (Å²) < 4.78 is 10.2. The zero-order valence-corrected chi connectivity index (χ0v) is 12.8. The highest BCUT2D eigenvalue weighted by Gasteiger charge is 2.18. The summed E-state index contributed by atoms with van der Waals surface area (Å²) in [6, 6.07) is 12.2. The Morgan fingerprint density at radius 2 is 1.78 bits per heavy atom. The van der Waals surface area contributed by atoms with Crippen molar-refractivity contribution in [3.63, 3.8) is 0 Å². The highest BCUT2D eigenvalue weighted by Crippen LogP contribution is 2.33. The van der Waals surface area contributed by atoms with Crippen LogP contribution in [-0.2, 0) is 11.4 Å². The molecule has 0 aromatic heterocycles. The van der Waals surface area contributed by atoms with Crippen LogP contribution in [0.15, 0.2) is 47.6 Å². The molecule has 23 heavy (non-hydrogen) atoms. The highest BCUT2D eigenvalue weighted by molar-refractivity contribution is 5.86. The summed E-state index contributed by atoms with van der Waals surface area (Å²) in [5.74, 6) is 0.657. The lowest BCUT2D eigenvalue weighted by atomic mass is 10.1. The first-order valence-corrected chi connectivity index (χ1v) is 6.75. The van der Waals surface area contributed by atoms with Gasteiger partial charge in [0.1, 0.15) is 6.61 Å². The SMILES string of the molecule is COc1cc(/C=N/OCc2ccccc2)c([N+](=O)[O-])cc1OC. The number of ether oxygens (including phenoxy) is 2. The van der Waals surface area contributed by atoms with Gasteiger partial charge in [0.15, 0.2) is 11.5 Å². The average molecular weight is 316 g/mol. The smallest absolute Gasteiger partial charge is 0.282 e.